The zero-order valence-corrected chi connectivity index (χ0v) is 10.1. The summed E-state index contributed by atoms with van der Waals surface area (Å²) in [7, 11) is 0. The van der Waals surface area contributed by atoms with E-state index in [1.807, 2.05) is 11.6 Å². The van der Waals surface area contributed by atoms with Gasteiger partial charge >= 0.3 is 0 Å². The predicted molar refractivity (Wildman–Crippen MR) is 67.1 cm³/mol. The van der Waals surface area contributed by atoms with Crippen molar-refractivity contribution >= 4 is 5.69 Å². The molecule has 0 spiro atoms. The molecule has 2 aromatic rings. The third kappa shape index (κ3) is 2.16. The van der Waals surface area contributed by atoms with Crippen LogP contribution in [-0.2, 0) is 6.54 Å². The molecular formula is C13H16FN3. The van der Waals surface area contributed by atoms with Gasteiger partial charge in [-0.25, -0.2) is 4.39 Å². The molecule has 0 amide bonds. The molecule has 17 heavy (non-hydrogen) atoms. The Morgan fingerprint density at radius 2 is 2.12 bits per heavy atom. The van der Waals surface area contributed by atoms with Crippen LogP contribution in [0, 0.1) is 12.7 Å². The van der Waals surface area contributed by atoms with Crippen molar-refractivity contribution in [3.8, 4) is 11.1 Å². The summed E-state index contributed by atoms with van der Waals surface area (Å²) < 4.78 is 15.6. The molecule has 2 rings (SSSR count). The number of aromatic nitrogens is 2. The number of anilines is 1. The molecule has 1 aromatic heterocycles. The van der Waals surface area contributed by atoms with E-state index >= 15 is 0 Å². The van der Waals surface area contributed by atoms with Crippen LogP contribution in [0.4, 0.5) is 10.1 Å². The van der Waals surface area contributed by atoms with E-state index in [1.54, 1.807) is 18.3 Å². The summed E-state index contributed by atoms with van der Waals surface area (Å²) in [5, 5.41) is 4.26. The highest BCUT2D eigenvalue weighted by molar-refractivity contribution is 5.69. The van der Waals surface area contributed by atoms with Gasteiger partial charge in [0, 0.05) is 29.1 Å². The van der Waals surface area contributed by atoms with Crippen LogP contribution in [0.5, 0.6) is 0 Å². The van der Waals surface area contributed by atoms with Crippen molar-refractivity contribution in [3.63, 3.8) is 0 Å². The van der Waals surface area contributed by atoms with Gasteiger partial charge in [0.15, 0.2) is 0 Å². The Bertz CT molecular complexity index is 531. The Morgan fingerprint density at radius 1 is 1.35 bits per heavy atom. The minimum Gasteiger partial charge on any atom is -0.399 e. The van der Waals surface area contributed by atoms with E-state index in [1.165, 1.54) is 6.07 Å². The summed E-state index contributed by atoms with van der Waals surface area (Å²) in [4.78, 5) is 0. The fourth-order valence-corrected chi connectivity index (χ4v) is 1.90. The molecule has 4 heteroatoms. The van der Waals surface area contributed by atoms with Gasteiger partial charge < -0.3 is 5.73 Å². The average Bonchev–Trinajstić information content (AvgIpc) is 2.65. The van der Waals surface area contributed by atoms with Gasteiger partial charge in [-0.3, -0.25) is 4.68 Å². The Labute approximate surface area is 100 Å². The number of halogens is 1. The fourth-order valence-electron chi connectivity index (χ4n) is 1.90. The van der Waals surface area contributed by atoms with Gasteiger partial charge in [0.2, 0.25) is 0 Å². The number of rotatable bonds is 3. The van der Waals surface area contributed by atoms with Crippen LogP contribution in [0.2, 0.25) is 0 Å². The summed E-state index contributed by atoms with van der Waals surface area (Å²) in [6.45, 7) is 4.87. The molecule has 1 heterocycles. The molecule has 90 valence electrons. The number of nitrogens with two attached hydrogens (primary N) is 1. The van der Waals surface area contributed by atoms with E-state index in [-0.39, 0.29) is 5.82 Å². The highest BCUT2D eigenvalue weighted by Crippen LogP contribution is 2.27. The van der Waals surface area contributed by atoms with E-state index in [9.17, 15) is 4.39 Å². The minimum absolute atomic E-state index is 0.265. The van der Waals surface area contributed by atoms with Gasteiger partial charge in [-0.15, -0.1) is 0 Å². The van der Waals surface area contributed by atoms with Crippen molar-refractivity contribution in [2.24, 2.45) is 0 Å². The highest BCUT2D eigenvalue weighted by atomic mass is 19.1. The summed E-state index contributed by atoms with van der Waals surface area (Å²) in [5.41, 5.74) is 8.54. The molecule has 2 N–H and O–H groups in total. The summed E-state index contributed by atoms with van der Waals surface area (Å²) in [6, 6.07) is 4.60. The SMILES string of the molecule is CCCn1ncc(-c2cc(N)ccc2F)c1C. The fraction of sp³-hybridized carbons (Fsp3) is 0.308. The second kappa shape index (κ2) is 4.57. The second-order valence-corrected chi connectivity index (χ2v) is 4.11. The normalized spacial score (nSPS) is 10.8. The summed E-state index contributed by atoms with van der Waals surface area (Å²) in [5.74, 6) is -0.265. The standard InChI is InChI=1S/C13H16FN3/c1-3-6-17-9(2)12(8-16-17)11-7-10(15)4-5-13(11)14/h4-5,7-8H,3,6,15H2,1-2H3. The van der Waals surface area contributed by atoms with Crippen LogP contribution < -0.4 is 5.73 Å². The monoisotopic (exact) mass is 233 g/mol. The number of nitrogen functional groups attached to an aromatic ring is 1. The van der Waals surface area contributed by atoms with Gasteiger partial charge in [-0.05, 0) is 31.5 Å². The topological polar surface area (TPSA) is 43.8 Å². The number of aryl methyl sites for hydroxylation is 1. The van der Waals surface area contributed by atoms with E-state index < -0.39 is 0 Å². The van der Waals surface area contributed by atoms with Crippen LogP contribution >= 0.6 is 0 Å². The van der Waals surface area contributed by atoms with Crippen molar-refractivity contribution < 1.29 is 4.39 Å². The van der Waals surface area contributed by atoms with Crippen molar-refractivity contribution in [1.82, 2.24) is 9.78 Å². The Morgan fingerprint density at radius 3 is 2.82 bits per heavy atom. The van der Waals surface area contributed by atoms with Crippen LogP contribution in [0.3, 0.4) is 0 Å². The largest absolute Gasteiger partial charge is 0.399 e. The zero-order chi connectivity index (χ0) is 12.4. The highest BCUT2D eigenvalue weighted by Gasteiger charge is 2.12. The second-order valence-electron chi connectivity index (χ2n) is 4.11. The van der Waals surface area contributed by atoms with Crippen molar-refractivity contribution in [3.05, 3.63) is 35.9 Å². The van der Waals surface area contributed by atoms with Crippen LogP contribution in [-0.4, -0.2) is 9.78 Å². The number of hydrogen-bond donors (Lipinski definition) is 1. The quantitative estimate of drug-likeness (QED) is 0.828. The molecule has 0 bridgehead atoms. The van der Waals surface area contributed by atoms with Crippen LogP contribution in [0.15, 0.2) is 24.4 Å². The molecule has 0 saturated carbocycles. The van der Waals surface area contributed by atoms with E-state index in [0.717, 1.165) is 24.2 Å². The van der Waals surface area contributed by atoms with E-state index in [4.69, 9.17) is 5.73 Å². The maximum absolute atomic E-state index is 13.7. The zero-order valence-electron chi connectivity index (χ0n) is 10.1. The molecule has 0 saturated heterocycles. The third-order valence-corrected chi connectivity index (χ3v) is 2.82. The Balaban J connectivity index is 2.49. The predicted octanol–water partition coefficient (Wildman–Crippen LogP) is 2.99. The maximum Gasteiger partial charge on any atom is 0.131 e. The number of hydrogen-bond acceptors (Lipinski definition) is 2. The molecule has 3 nitrogen and oxygen atoms in total. The van der Waals surface area contributed by atoms with E-state index in [0.29, 0.717) is 11.3 Å². The molecule has 0 radical (unpaired) electrons. The lowest BCUT2D eigenvalue weighted by Crippen LogP contribution is -2.01. The Kier molecular flexibility index (Phi) is 3.13. The first-order chi connectivity index (χ1) is 8.13. The van der Waals surface area contributed by atoms with Crippen molar-refractivity contribution in [1.29, 1.82) is 0 Å². The average molecular weight is 233 g/mol. The molecule has 0 aliphatic heterocycles. The van der Waals surface area contributed by atoms with E-state index in [2.05, 4.69) is 12.0 Å². The van der Waals surface area contributed by atoms with Crippen LogP contribution in [0.25, 0.3) is 11.1 Å². The molecule has 0 aliphatic rings. The van der Waals surface area contributed by atoms with Gasteiger partial charge in [-0.1, -0.05) is 6.92 Å². The van der Waals surface area contributed by atoms with Gasteiger partial charge in [0.25, 0.3) is 0 Å². The van der Waals surface area contributed by atoms with Gasteiger partial charge in [0.05, 0.1) is 6.20 Å². The first-order valence-corrected chi connectivity index (χ1v) is 5.71. The molecule has 0 unspecified atom stereocenters. The lowest BCUT2D eigenvalue weighted by atomic mass is 10.1. The molecule has 1 aromatic carbocycles. The number of nitrogens with zero attached hydrogens (tertiary/aromatic N) is 2. The lowest BCUT2D eigenvalue weighted by molar-refractivity contribution is 0.587. The van der Waals surface area contributed by atoms with Crippen molar-refractivity contribution in [2.75, 3.05) is 5.73 Å². The smallest absolute Gasteiger partial charge is 0.131 e. The Hall–Kier alpha value is -1.84. The first-order valence-electron chi connectivity index (χ1n) is 5.71. The lowest BCUT2D eigenvalue weighted by Gasteiger charge is -2.05. The van der Waals surface area contributed by atoms with Gasteiger partial charge in [-0.2, -0.15) is 5.10 Å². The summed E-state index contributed by atoms with van der Waals surface area (Å²) >= 11 is 0. The minimum atomic E-state index is -0.265. The van der Waals surface area contributed by atoms with Crippen molar-refractivity contribution in [2.45, 2.75) is 26.8 Å². The molecular weight excluding hydrogens is 217 g/mol. The number of benzene rings is 1. The van der Waals surface area contributed by atoms with Crippen LogP contribution in [0.1, 0.15) is 19.0 Å². The molecule has 0 fully saturated rings. The maximum atomic E-state index is 13.7. The molecule has 0 aliphatic carbocycles. The summed E-state index contributed by atoms with van der Waals surface area (Å²) in [6.07, 6.45) is 2.70. The first kappa shape index (κ1) is 11.6. The van der Waals surface area contributed by atoms with Gasteiger partial charge in [0.1, 0.15) is 5.82 Å². The molecule has 0 atom stereocenters. The third-order valence-electron chi connectivity index (χ3n) is 2.82.